The van der Waals surface area contributed by atoms with Crippen LogP contribution in [-0.2, 0) is 4.79 Å². The minimum atomic E-state index is -0.140. The van der Waals surface area contributed by atoms with E-state index in [1.807, 2.05) is 51.9 Å². The zero-order valence-corrected chi connectivity index (χ0v) is 15.9. The minimum Gasteiger partial charge on any atom is -0.341 e. The monoisotopic (exact) mass is 377 g/mol. The van der Waals surface area contributed by atoms with Gasteiger partial charge in [-0.3, -0.25) is 14.0 Å². The molecule has 2 aromatic heterocycles. The third kappa shape index (κ3) is 3.60. The molecule has 7 heteroatoms. The van der Waals surface area contributed by atoms with E-state index < -0.39 is 0 Å². The molecule has 0 spiro atoms. The van der Waals surface area contributed by atoms with Crippen molar-refractivity contribution in [2.24, 2.45) is 0 Å². The standard InChI is InChI=1S/C21H23N5O2/c1-24(21(28)17-7-3-2-4-8-17)15-19(27)25-13-10-16(11-14-25)20-23-22-18-9-5-6-12-26(18)20/h2-9,12,16H,10-11,13-15H2,1H3. The zero-order chi connectivity index (χ0) is 19.5. The number of hydrogen-bond donors (Lipinski definition) is 0. The molecule has 28 heavy (non-hydrogen) atoms. The van der Waals surface area contributed by atoms with Gasteiger partial charge < -0.3 is 9.80 Å². The fraction of sp³-hybridized carbons (Fsp3) is 0.333. The summed E-state index contributed by atoms with van der Waals surface area (Å²) in [5.74, 6) is 1.08. The summed E-state index contributed by atoms with van der Waals surface area (Å²) in [7, 11) is 1.67. The first-order chi connectivity index (χ1) is 13.6. The van der Waals surface area contributed by atoms with Gasteiger partial charge in [0.1, 0.15) is 5.82 Å². The predicted molar refractivity (Wildman–Crippen MR) is 105 cm³/mol. The molecule has 0 bridgehead atoms. The average Bonchev–Trinajstić information content (AvgIpc) is 3.18. The molecule has 1 fully saturated rings. The molecule has 0 atom stereocenters. The molecule has 3 heterocycles. The lowest BCUT2D eigenvalue weighted by Gasteiger charge is -2.32. The highest BCUT2D eigenvalue weighted by Gasteiger charge is 2.27. The van der Waals surface area contributed by atoms with Crippen molar-refractivity contribution in [3.05, 3.63) is 66.1 Å². The van der Waals surface area contributed by atoms with Gasteiger partial charge in [-0.1, -0.05) is 24.3 Å². The van der Waals surface area contributed by atoms with Gasteiger partial charge in [0, 0.05) is 37.8 Å². The van der Waals surface area contributed by atoms with Crippen LogP contribution in [0, 0.1) is 0 Å². The molecular formula is C21H23N5O2. The SMILES string of the molecule is CN(CC(=O)N1CCC(c2nnc3ccccn23)CC1)C(=O)c1ccccc1. The Kier molecular flexibility index (Phi) is 5.06. The van der Waals surface area contributed by atoms with E-state index >= 15 is 0 Å². The molecule has 1 aliphatic heterocycles. The second kappa shape index (κ2) is 7.80. The smallest absolute Gasteiger partial charge is 0.254 e. The summed E-state index contributed by atoms with van der Waals surface area (Å²) in [5, 5.41) is 8.57. The highest BCUT2D eigenvalue weighted by molar-refractivity contribution is 5.96. The Bertz CT molecular complexity index is 977. The van der Waals surface area contributed by atoms with E-state index in [2.05, 4.69) is 10.2 Å². The number of nitrogens with zero attached hydrogens (tertiary/aromatic N) is 5. The van der Waals surface area contributed by atoms with Gasteiger partial charge in [0.15, 0.2) is 5.65 Å². The third-order valence-corrected chi connectivity index (χ3v) is 5.29. The van der Waals surface area contributed by atoms with Crippen LogP contribution in [0.15, 0.2) is 54.7 Å². The summed E-state index contributed by atoms with van der Waals surface area (Å²) >= 11 is 0. The van der Waals surface area contributed by atoms with Gasteiger partial charge in [0.25, 0.3) is 5.91 Å². The van der Waals surface area contributed by atoms with Crippen molar-refractivity contribution in [2.75, 3.05) is 26.7 Å². The van der Waals surface area contributed by atoms with E-state index in [1.54, 1.807) is 19.2 Å². The highest BCUT2D eigenvalue weighted by Crippen LogP contribution is 2.27. The maximum absolute atomic E-state index is 12.6. The molecule has 144 valence electrons. The Morgan fingerprint density at radius 3 is 2.50 bits per heavy atom. The number of pyridine rings is 1. The number of piperidine rings is 1. The molecule has 1 aromatic carbocycles. The Labute approximate surface area is 163 Å². The van der Waals surface area contributed by atoms with Crippen molar-refractivity contribution in [3.8, 4) is 0 Å². The summed E-state index contributed by atoms with van der Waals surface area (Å²) in [6.07, 6.45) is 3.67. The van der Waals surface area contributed by atoms with Crippen LogP contribution < -0.4 is 0 Å². The van der Waals surface area contributed by atoms with Crippen molar-refractivity contribution in [2.45, 2.75) is 18.8 Å². The van der Waals surface area contributed by atoms with E-state index in [4.69, 9.17) is 0 Å². The van der Waals surface area contributed by atoms with Gasteiger partial charge in [-0.25, -0.2) is 0 Å². The number of fused-ring (bicyclic) bond motifs is 1. The van der Waals surface area contributed by atoms with Gasteiger partial charge in [0.05, 0.1) is 6.54 Å². The summed E-state index contributed by atoms with van der Waals surface area (Å²) in [6.45, 7) is 1.42. The van der Waals surface area contributed by atoms with Gasteiger partial charge in [-0.15, -0.1) is 10.2 Å². The first-order valence-corrected chi connectivity index (χ1v) is 9.51. The second-order valence-corrected chi connectivity index (χ2v) is 7.17. The van der Waals surface area contributed by atoms with Crippen molar-refractivity contribution in [1.29, 1.82) is 0 Å². The molecule has 0 N–H and O–H groups in total. The molecule has 0 aliphatic carbocycles. The Balaban J connectivity index is 1.34. The molecule has 3 aromatic rings. The number of carbonyl (C=O) groups is 2. The van der Waals surface area contributed by atoms with Crippen LogP contribution in [0.5, 0.6) is 0 Å². The van der Waals surface area contributed by atoms with Gasteiger partial charge >= 0.3 is 0 Å². The second-order valence-electron chi connectivity index (χ2n) is 7.17. The van der Waals surface area contributed by atoms with E-state index in [1.165, 1.54) is 4.90 Å². The van der Waals surface area contributed by atoms with Crippen LogP contribution in [0.2, 0.25) is 0 Å². The molecule has 7 nitrogen and oxygen atoms in total. The number of benzene rings is 1. The van der Waals surface area contributed by atoms with Crippen LogP contribution in [-0.4, -0.2) is 62.9 Å². The highest BCUT2D eigenvalue weighted by atomic mass is 16.2. The summed E-state index contributed by atoms with van der Waals surface area (Å²) in [5.41, 5.74) is 1.44. The van der Waals surface area contributed by atoms with Crippen LogP contribution >= 0.6 is 0 Å². The number of likely N-dealkylation sites (N-methyl/N-ethyl adjacent to an activating group) is 1. The lowest BCUT2D eigenvalue weighted by Crippen LogP contribution is -2.44. The van der Waals surface area contributed by atoms with Crippen LogP contribution in [0.4, 0.5) is 0 Å². The normalized spacial score (nSPS) is 15.0. The lowest BCUT2D eigenvalue weighted by atomic mass is 9.96. The van der Waals surface area contributed by atoms with Gasteiger partial charge in [-0.2, -0.15) is 0 Å². The largest absolute Gasteiger partial charge is 0.341 e. The maximum Gasteiger partial charge on any atom is 0.254 e. The van der Waals surface area contributed by atoms with Crippen molar-refractivity contribution < 1.29 is 9.59 Å². The number of likely N-dealkylation sites (tertiary alicyclic amines) is 1. The number of hydrogen-bond acceptors (Lipinski definition) is 4. The van der Waals surface area contributed by atoms with Crippen molar-refractivity contribution in [1.82, 2.24) is 24.4 Å². The van der Waals surface area contributed by atoms with Crippen molar-refractivity contribution >= 4 is 17.5 Å². The summed E-state index contributed by atoms with van der Waals surface area (Å²) in [6, 6.07) is 14.9. The minimum absolute atomic E-state index is 0.0173. The average molecular weight is 377 g/mol. The van der Waals surface area contributed by atoms with Crippen LogP contribution in [0.3, 0.4) is 0 Å². The molecule has 4 rings (SSSR count). The van der Waals surface area contributed by atoms with E-state index in [-0.39, 0.29) is 24.3 Å². The molecule has 1 aliphatic rings. The summed E-state index contributed by atoms with van der Waals surface area (Å²) < 4.78 is 2.02. The lowest BCUT2D eigenvalue weighted by molar-refractivity contribution is -0.132. The van der Waals surface area contributed by atoms with E-state index in [0.29, 0.717) is 18.7 Å². The first-order valence-electron chi connectivity index (χ1n) is 9.51. The number of carbonyl (C=O) groups excluding carboxylic acids is 2. The Hall–Kier alpha value is -3.22. The Morgan fingerprint density at radius 1 is 1.04 bits per heavy atom. The quantitative estimate of drug-likeness (QED) is 0.699. The molecule has 2 amide bonds. The molecule has 0 saturated carbocycles. The third-order valence-electron chi connectivity index (χ3n) is 5.29. The van der Waals surface area contributed by atoms with E-state index in [0.717, 1.165) is 24.3 Å². The predicted octanol–water partition coefficient (Wildman–Crippen LogP) is 2.21. The van der Waals surface area contributed by atoms with Crippen LogP contribution in [0.1, 0.15) is 34.9 Å². The number of rotatable bonds is 4. The maximum atomic E-state index is 12.6. The number of amides is 2. The fourth-order valence-electron chi connectivity index (χ4n) is 3.70. The summed E-state index contributed by atoms with van der Waals surface area (Å²) in [4.78, 5) is 28.4. The Morgan fingerprint density at radius 2 is 1.75 bits per heavy atom. The fourth-order valence-corrected chi connectivity index (χ4v) is 3.70. The topological polar surface area (TPSA) is 70.8 Å². The zero-order valence-electron chi connectivity index (χ0n) is 15.9. The van der Waals surface area contributed by atoms with E-state index in [9.17, 15) is 9.59 Å². The molecular weight excluding hydrogens is 354 g/mol. The first kappa shape index (κ1) is 18.2. The van der Waals surface area contributed by atoms with Crippen LogP contribution in [0.25, 0.3) is 5.65 Å². The molecule has 1 saturated heterocycles. The number of aromatic nitrogens is 3. The van der Waals surface area contributed by atoms with Crippen molar-refractivity contribution in [3.63, 3.8) is 0 Å². The van der Waals surface area contributed by atoms with Gasteiger partial charge in [-0.05, 0) is 37.1 Å². The molecule has 0 unspecified atom stereocenters. The van der Waals surface area contributed by atoms with Gasteiger partial charge in [0.2, 0.25) is 5.91 Å². The molecule has 0 radical (unpaired) electrons.